The first kappa shape index (κ1) is 11.9. The highest BCUT2D eigenvalue weighted by Crippen LogP contribution is 2.30. The van der Waals surface area contributed by atoms with E-state index in [2.05, 4.69) is 4.98 Å². The van der Waals surface area contributed by atoms with E-state index in [0.717, 1.165) is 0 Å². The first-order chi connectivity index (χ1) is 6.60. The molecule has 0 aromatic carbocycles. The lowest BCUT2D eigenvalue weighted by molar-refractivity contribution is 0.148. The van der Waals surface area contributed by atoms with Gasteiger partial charge in [-0.2, -0.15) is 0 Å². The molecular weight excluding hydrogens is 326 g/mol. The predicted octanol–water partition coefficient (Wildman–Crippen LogP) is 3.37. The fourth-order valence-corrected chi connectivity index (χ4v) is 2.03. The second-order valence-corrected chi connectivity index (χ2v) is 3.75. The van der Waals surface area contributed by atoms with E-state index in [-0.39, 0.29) is 15.1 Å². The molecule has 0 N–H and O–H groups in total. The van der Waals surface area contributed by atoms with Gasteiger partial charge in [-0.3, -0.25) is 0 Å². The highest BCUT2D eigenvalue weighted by atomic mass is 127. The van der Waals surface area contributed by atoms with Crippen molar-refractivity contribution in [1.82, 2.24) is 4.98 Å². The van der Waals surface area contributed by atoms with Gasteiger partial charge in [-0.05, 0) is 28.2 Å². The minimum absolute atomic E-state index is 0.0224. The molecule has 78 valence electrons. The number of rotatable bonds is 3. The molecule has 0 fully saturated rings. The number of hydrogen-bond donors (Lipinski definition) is 0. The molecule has 0 radical (unpaired) electrons. The molecule has 1 aromatic rings. The molecular formula is C8H7ClF2INO. The van der Waals surface area contributed by atoms with Gasteiger partial charge in [-0.25, -0.2) is 13.8 Å². The number of alkyl halides is 3. The van der Waals surface area contributed by atoms with Crippen LogP contribution in [0, 0.1) is 3.70 Å². The fourth-order valence-electron chi connectivity index (χ4n) is 0.994. The summed E-state index contributed by atoms with van der Waals surface area (Å²) in [5.41, 5.74) is 0.249. The molecule has 1 aromatic heterocycles. The molecule has 0 amide bonds. The van der Waals surface area contributed by atoms with Gasteiger partial charge in [0.2, 0.25) is 5.88 Å². The summed E-state index contributed by atoms with van der Waals surface area (Å²) >= 11 is 7.30. The summed E-state index contributed by atoms with van der Waals surface area (Å²) in [4.78, 5) is 3.85. The van der Waals surface area contributed by atoms with Crippen molar-refractivity contribution >= 4 is 34.2 Å². The Morgan fingerprint density at radius 3 is 2.71 bits per heavy atom. The second-order valence-electron chi connectivity index (χ2n) is 2.46. The van der Waals surface area contributed by atoms with Crippen LogP contribution in [0.15, 0.2) is 6.07 Å². The first-order valence-corrected chi connectivity index (χ1v) is 5.29. The monoisotopic (exact) mass is 333 g/mol. The molecule has 2 nitrogen and oxygen atoms in total. The molecule has 6 heteroatoms. The number of methoxy groups -OCH3 is 1. The Morgan fingerprint density at radius 1 is 1.64 bits per heavy atom. The number of ether oxygens (including phenoxy) is 1. The molecule has 14 heavy (non-hydrogen) atoms. The maximum Gasteiger partial charge on any atom is 0.266 e. The third-order valence-electron chi connectivity index (χ3n) is 1.65. The van der Waals surface area contributed by atoms with Crippen LogP contribution in [0.5, 0.6) is 5.88 Å². The van der Waals surface area contributed by atoms with Gasteiger partial charge in [0.15, 0.2) is 0 Å². The van der Waals surface area contributed by atoms with Gasteiger partial charge in [0, 0.05) is 11.9 Å². The summed E-state index contributed by atoms with van der Waals surface area (Å²) in [6, 6.07) is 1.43. The van der Waals surface area contributed by atoms with Gasteiger partial charge in [-0.15, -0.1) is 11.6 Å². The Balaban J connectivity index is 3.27. The quantitative estimate of drug-likeness (QED) is 0.481. The Bertz CT molecular complexity index is 335. The summed E-state index contributed by atoms with van der Waals surface area (Å²) in [7, 11) is 1.43. The standard InChI is InChI=1S/C8H7ClF2INO/c1-14-5-2-4(3-9)6(7(10)11)8(12)13-5/h2,7H,3H2,1H3. The van der Waals surface area contributed by atoms with Crippen LogP contribution in [0.4, 0.5) is 8.78 Å². The maximum atomic E-state index is 12.6. The summed E-state index contributed by atoms with van der Waals surface area (Å²) in [6.45, 7) is 0. The summed E-state index contributed by atoms with van der Waals surface area (Å²) in [5.74, 6) is 0.323. The SMILES string of the molecule is COc1cc(CCl)c(C(F)F)c(I)n1. The number of hydrogen-bond acceptors (Lipinski definition) is 2. The number of aromatic nitrogens is 1. The van der Waals surface area contributed by atoms with E-state index in [1.165, 1.54) is 13.2 Å². The van der Waals surface area contributed by atoms with Crippen LogP contribution in [0.1, 0.15) is 17.6 Å². The molecule has 0 bridgehead atoms. The molecule has 0 saturated carbocycles. The van der Waals surface area contributed by atoms with Crippen LogP contribution in [-0.4, -0.2) is 12.1 Å². The van der Waals surface area contributed by atoms with Crippen LogP contribution in [0.2, 0.25) is 0 Å². The van der Waals surface area contributed by atoms with E-state index < -0.39 is 6.43 Å². The molecule has 1 rings (SSSR count). The third kappa shape index (κ3) is 2.44. The van der Waals surface area contributed by atoms with E-state index in [4.69, 9.17) is 16.3 Å². The zero-order chi connectivity index (χ0) is 10.7. The normalized spacial score (nSPS) is 10.7. The summed E-state index contributed by atoms with van der Waals surface area (Å²) in [6.07, 6.45) is -2.56. The van der Waals surface area contributed by atoms with E-state index in [1.807, 2.05) is 0 Å². The number of halogens is 4. The first-order valence-electron chi connectivity index (χ1n) is 3.67. The number of nitrogens with zero attached hydrogens (tertiary/aromatic N) is 1. The van der Waals surface area contributed by atoms with Crippen molar-refractivity contribution in [1.29, 1.82) is 0 Å². The smallest absolute Gasteiger partial charge is 0.266 e. The van der Waals surface area contributed by atoms with E-state index >= 15 is 0 Å². The third-order valence-corrected chi connectivity index (χ3v) is 2.76. The van der Waals surface area contributed by atoms with E-state index in [1.54, 1.807) is 22.6 Å². The van der Waals surface area contributed by atoms with Crippen LogP contribution in [-0.2, 0) is 5.88 Å². The average molecular weight is 334 g/mol. The van der Waals surface area contributed by atoms with Gasteiger partial charge in [0.25, 0.3) is 6.43 Å². The van der Waals surface area contributed by atoms with E-state index in [9.17, 15) is 8.78 Å². The topological polar surface area (TPSA) is 22.1 Å². The molecule has 0 atom stereocenters. The van der Waals surface area contributed by atoms with Crippen molar-refractivity contribution in [2.75, 3.05) is 7.11 Å². The highest BCUT2D eigenvalue weighted by Gasteiger charge is 2.18. The van der Waals surface area contributed by atoms with Crippen molar-refractivity contribution in [2.24, 2.45) is 0 Å². The Hall–Kier alpha value is -0.170. The lowest BCUT2D eigenvalue weighted by Crippen LogP contribution is -2.01. The highest BCUT2D eigenvalue weighted by molar-refractivity contribution is 14.1. The minimum atomic E-state index is -2.56. The van der Waals surface area contributed by atoms with Crippen LogP contribution < -0.4 is 4.74 Å². The summed E-state index contributed by atoms with van der Waals surface area (Å²) < 4.78 is 30.2. The van der Waals surface area contributed by atoms with Crippen LogP contribution in [0.3, 0.4) is 0 Å². The van der Waals surface area contributed by atoms with Gasteiger partial charge in [0.1, 0.15) is 3.70 Å². The fraction of sp³-hybridized carbons (Fsp3) is 0.375. The lowest BCUT2D eigenvalue weighted by atomic mass is 10.2. The zero-order valence-corrected chi connectivity index (χ0v) is 10.1. The van der Waals surface area contributed by atoms with Crippen molar-refractivity contribution in [3.8, 4) is 5.88 Å². The Labute approximate surface area is 98.8 Å². The molecule has 0 aliphatic rings. The lowest BCUT2D eigenvalue weighted by Gasteiger charge is -2.09. The van der Waals surface area contributed by atoms with Crippen molar-refractivity contribution in [2.45, 2.75) is 12.3 Å². The predicted molar refractivity (Wildman–Crippen MR) is 58.0 cm³/mol. The van der Waals surface area contributed by atoms with Crippen molar-refractivity contribution < 1.29 is 13.5 Å². The molecule has 0 aliphatic carbocycles. The van der Waals surface area contributed by atoms with Gasteiger partial charge in [0.05, 0.1) is 12.7 Å². The molecule has 0 saturated heterocycles. The Kier molecular flexibility index (Phi) is 4.31. The maximum absolute atomic E-state index is 12.6. The van der Waals surface area contributed by atoms with Crippen LogP contribution >= 0.6 is 34.2 Å². The minimum Gasteiger partial charge on any atom is -0.481 e. The molecule has 0 unspecified atom stereocenters. The van der Waals surface area contributed by atoms with Gasteiger partial charge in [-0.1, -0.05) is 0 Å². The second kappa shape index (κ2) is 5.06. The van der Waals surface area contributed by atoms with Gasteiger partial charge < -0.3 is 4.74 Å². The van der Waals surface area contributed by atoms with Gasteiger partial charge >= 0.3 is 0 Å². The van der Waals surface area contributed by atoms with Crippen molar-refractivity contribution in [3.05, 3.63) is 20.9 Å². The molecule has 0 aliphatic heterocycles. The molecule has 0 spiro atoms. The average Bonchev–Trinajstić information content (AvgIpc) is 2.15. The molecule has 1 heterocycles. The largest absolute Gasteiger partial charge is 0.481 e. The summed E-state index contributed by atoms with van der Waals surface area (Å²) in [5, 5.41) is 0. The number of pyridine rings is 1. The van der Waals surface area contributed by atoms with Crippen LogP contribution in [0.25, 0.3) is 0 Å². The van der Waals surface area contributed by atoms with E-state index in [0.29, 0.717) is 11.4 Å². The van der Waals surface area contributed by atoms with Crippen molar-refractivity contribution in [3.63, 3.8) is 0 Å². The Morgan fingerprint density at radius 2 is 2.29 bits per heavy atom. The zero-order valence-electron chi connectivity index (χ0n) is 7.23.